The number of halogens is 1. The Morgan fingerprint density at radius 1 is 1.10 bits per heavy atom. The van der Waals surface area contributed by atoms with E-state index >= 15 is 0 Å². The number of amides is 2. The van der Waals surface area contributed by atoms with Crippen LogP contribution in [0.4, 0.5) is 5.69 Å². The number of carbonyl (C=O) groups is 2. The van der Waals surface area contributed by atoms with Gasteiger partial charge >= 0.3 is 0 Å². The lowest BCUT2D eigenvalue weighted by Crippen LogP contribution is -2.37. The van der Waals surface area contributed by atoms with E-state index in [1.54, 1.807) is 29.2 Å². The molecule has 0 aliphatic carbocycles. The molecule has 0 unspecified atom stereocenters. The second kappa shape index (κ2) is 9.54. The van der Waals surface area contributed by atoms with Gasteiger partial charge in [-0.25, -0.2) is 0 Å². The van der Waals surface area contributed by atoms with Crippen molar-refractivity contribution in [2.24, 2.45) is 0 Å². The predicted octanol–water partition coefficient (Wildman–Crippen LogP) is 4.33. The first-order valence-corrected chi connectivity index (χ1v) is 9.94. The number of nitrogens with one attached hydrogen (secondary N) is 1. The lowest BCUT2D eigenvalue weighted by Gasteiger charge is -2.25. The average molecular weight is 427 g/mol. The van der Waals surface area contributed by atoms with Gasteiger partial charge in [0.15, 0.2) is 0 Å². The van der Waals surface area contributed by atoms with E-state index in [4.69, 9.17) is 16.0 Å². The summed E-state index contributed by atoms with van der Waals surface area (Å²) in [6.45, 7) is 5.52. The zero-order chi connectivity index (χ0) is 21.7. The summed E-state index contributed by atoms with van der Waals surface area (Å²) in [6, 6.07) is 14.4. The van der Waals surface area contributed by atoms with E-state index in [2.05, 4.69) is 15.5 Å². The van der Waals surface area contributed by atoms with Crippen molar-refractivity contribution in [3.05, 3.63) is 65.0 Å². The molecule has 7 nitrogen and oxygen atoms in total. The summed E-state index contributed by atoms with van der Waals surface area (Å²) in [7, 11) is 0. The van der Waals surface area contributed by atoms with Crippen LogP contribution in [-0.4, -0.2) is 33.0 Å². The van der Waals surface area contributed by atoms with Gasteiger partial charge in [-0.2, -0.15) is 0 Å². The molecule has 0 saturated heterocycles. The topological polar surface area (TPSA) is 88.3 Å². The summed E-state index contributed by atoms with van der Waals surface area (Å²) in [5.41, 5.74) is 2.19. The van der Waals surface area contributed by atoms with Crippen LogP contribution in [0.3, 0.4) is 0 Å². The quantitative estimate of drug-likeness (QED) is 0.607. The average Bonchev–Trinajstić information content (AvgIpc) is 3.16. The summed E-state index contributed by atoms with van der Waals surface area (Å²) < 4.78 is 5.74. The zero-order valence-corrected chi connectivity index (χ0v) is 17.8. The van der Waals surface area contributed by atoms with Gasteiger partial charge in [0.1, 0.15) is 0 Å². The smallest absolute Gasteiger partial charge is 0.249 e. The van der Waals surface area contributed by atoms with Gasteiger partial charge in [-0.15, -0.1) is 10.2 Å². The van der Waals surface area contributed by atoms with Crippen molar-refractivity contribution in [1.29, 1.82) is 0 Å². The van der Waals surface area contributed by atoms with Gasteiger partial charge in [-0.1, -0.05) is 35.9 Å². The third kappa shape index (κ3) is 5.45. The first-order valence-electron chi connectivity index (χ1n) is 9.56. The Bertz CT molecular complexity index is 1030. The van der Waals surface area contributed by atoms with Crippen molar-refractivity contribution in [1.82, 2.24) is 15.1 Å². The molecule has 2 aromatic carbocycles. The fourth-order valence-electron chi connectivity index (χ4n) is 2.95. The maximum atomic E-state index is 12.9. The highest BCUT2D eigenvalue weighted by Crippen LogP contribution is 2.26. The van der Waals surface area contributed by atoms with E-state index in [-0.39, 0.29) is 30.8 Å². The number of hydrogen-bond donors (Lipinski definition) is 1. The van der Waals surface area contributed by atoms with Gasteiger partial charge < -0.3 is 14.6 Å². The van der Waals surface area contributed by atoms with E-state index in [0.717, 1.165) is 5.56 Å². The molecule has 1 N–H and O–H groups in total. The zero-order valence-electron chi connectivity index (χ0n) is 17.1. The standard InChI is InChI=1S/C22H23ClN4O3/c1-14(2)27(21(29)12-16-8-10-17(11-9-16)24-15(3)28)13-20-25-26-22(30-20)18-6-4-5-7-19(18)23/h4-11,14H,12-13H2,1-3H3,(H,24,28). The lowest BCUT2D eigenvalue weighted by molar-refractivity contribution is -0.133. The Hall–Kier alpha value is -3.19. The molecule has 1 aromatic heterocycles. The highest BCUT2D eigenvalue weighted by molar-refractivity contribution is 6.33. The second-order valence-electron chi connectivity index (χ2n) is 7.15. The Morgan fingerprint density at radius 2 is 1.80 bits per heavy atom. The molecular formula is C22H23ClN4O3. The van der Waals surface area contributed by atoms with Crippen LogP contribution in [-0.2, 0) is 22.6 Å². The van der Waals surface area contributed by atoms with E-state index < -0.39 is 0 Å². The van der Waals surface area contributed by atoms with Gasteiger partial charge in [-0.3, -0.25) is 9.59 Å². The van der Waals surface area contributed by atoms with Gasteiger partial charge in [0.25, 0.3) is 0 Å². The summed E-state index contributed by atoms with van der Waals surface area (Å²) in [5.74, 6) is 0.462. The Labute approximate surface area is 180 Å². The van der Waals surface area contributed by atoms with Crippen molar-refractivity contribution >= 4 is 29.1 Å². The monoisotopic (exact) mass is 426 g/mol. The summed E-state index contributed by atoms with van der Waals surface area (Å²) in [5, 5.41) is 11.4. The third-order valence-electron chi connectivity index (χ3n) is 4.45. The van der Waals surface area contributed by atoms with Gasteiger partial charge in [-0.05, 0) is 43.7 Å². The molecule has 0 spiro atoms. The fourth-order valence-corrected chi connectivity index (χ4v) is 3.17. The maximum Gasteiger partial charge on any atom is 0.249 e. The minimum absolute atomic E-state index is 0.0492. The van der Waals surface area contributed by atoms with Crippen LogP contribution in [0.1, 0.15) is 32.2 Å². The first kappa shape index (κ1) is 21.5. The minimum atomic E-state index is -0.138. The fraction of sp³-hybridized carbons (Fsp3) is 0.273. The molecule has 0 radical (unpaired) electrons. The van der Waals surface area contributed by atoms with Gasteiger partial charge in [0.2, 0.25) is 23.6 Å². The number of hydrogen-bond acceptors (Lipinski definition) is 5. The van der Waals surface area contributed by atoms with Crippen LogP contribution in [0.2, 0.25) is 5.02 Å². The molecular weight excluding hydrogens is 404 g/mol. The molecule has 0 atom stereocenters. The minimum Gasteiger partial charge on any atom is -0.419 e. The van der Waals surface area contributed by atoms with E-state index in [1.165, 1.54) is 6.92 Å². The number of aromatic nitrogens is 2. The summed E-state index contributed by atoms with van der Waals surface area (Å²) >= 11 is 6.19. The molecule has 0 aliphatic heterocycles. The lowest BCUT2D eigenvalue weighted by atomic mass is 10.1. The highest BCUT2D eigenvalue weighted by atomic mass is 35.5. The molecule has 0 saturated carbocycles. The number of carbonyl (C=O) groups excluding carboxylic acids is 2. The molecule has 3 rings (SSSR count). The number of anilines is 1. The van der Waals surface area contributed by atoms with Crippen molar-refractivity contribution in [3.8, 4) is 11.5 Å². The van der Waals surface area contributed by atoms with Crippen LogP contribution in [0.5, 0.6) is 0 Å². The van der Waals surface area contributed by atoms with Crippen LogP contribution in [0, 0.1) is 0 Å². The normalized spacial score (nSPS) is 10.8. The molecule has 2 amide bonds. The second-order valence-corrected chi connectivity index (χ2v) is 7.56. The van der Waals surface area contributed by atoms with Crippen molar-refractivity contribution in [3.63, 3.8) is 0 Å². The molecule has 1 heterocycles. The van der Waals surface area contributed by atoms with Crippen LogP contribution >= 0.6 is 11.6 Å². The van der Waals surface area contributed by atoms with Gasteiger partial charge in [0.05, 0.1) is 23.6 Å². The molecule has 0 aliphatic rings. The SMILES string of the molecule is CC(=O)Nc1ccc(CC(=O)N(Cc2nnc(-c3ccccc3Cl)o2)C(C)C)cc1. The van der Waals surface area contributed by atoms with Crippen LogP contribution in [0.15, 0.2) is 52.9 Å². The van der Waals surface area contributed by atoms with Gasteiger partial charge in [0, 0.05) is 18.7 Å². The number of rotatable bonds is 7. The molecule has 156 valence electrons. The highest BCUT2D eigenvalue weighted by Gasteiger charge is 2.21. The molecule has 0 fully saturated rings. The molecule has 30 heavy (non-hydrogen) atoms. The molecule has 0 bridgehead atoms. The third-order valence-corrected chi connectivity index (χ3v) is 4.78. The van der Waals surface area contributed by atoms with Crippen molar-refractivity contribution in [2.45, 2.75) is 39.8 Å². The largest absolute Gasteiger partial charge is 0.419 e. The van der Waals surface area contributed by atoms with E-state index in [0.29, 0.717) is 28.1 Å². The van der Waals surface area contributed by atoms with Crippen LogP contribution in [0.25, 0.3) is 11.5 Å². The van der Waals surface area contributed by atoms with E-state index in [1.807, 2.05) is 38.1 Å². The van der Waals surface area contributed by atoms with Crippen molar-refractivity contribution in [2.75, 3.05) is 5.32 Å². The summed E-state index contributed by atoms with van der Waals surface area (Å²) in [4.78, 5) is 25.7. The molecule has 3 aromatic rings. The Kier molecular flexibility index (Phi) is 6.84. The number of benzene rings is 2. The first-order chi connectivity index (χ1) is 14.3. The maximum absolute atomic E-state index is 12.9. The van der Waals surface area contributed by atoms with Crippen LogP contribution < -0.4 is 5.32 Å². The Morgan fingerprint density at radius 3 is 2.43 bits per heavy atom. The number of nitrogens with zero attached hydrogens (tertiary/aromatic N) is 3. The van der Waals surface area contributed by atoms with E-state index in [9.17, 15) is 9.59 Å². The molecule has 8 heteroatoms. The van der Waals surface area contributed by atoms with Crippen molar-refractivity contribution < 1.29 is 14.0 Å². The predicted molar refractivity (Wildman–Crippen MR) is 115 cm³/mol. The Balaban J connectivity index is 1.69. The summed E-state index contributed by atoms with van der Waals surface area (Å²) in [6.07, 6.45) is 0.226.